The van der Waals surface area contributed by atoms with Gasteiger partial charge in [-0.1, -0.05) is 6.07 Å². The number of esters is 1. The van der Waals surface area contributed by atoms with Crippen molar-refractivity contribution in [2.75, 3.05) is 33.3 Å². The molecular weight excluding hydrogens is 395 g/mol. The fraction of sp³-hybridized carbons (Fsp3) is 0.417. The number of carbonyl (C=O) groups excluding carboxylic acids is 1. The van der Waals surface area contributed by atoms with Crippen molar-refractivity contribution in [3.8, 4) is 11.4 Å². The summed E-state index contributed by atoms with van der Waals surface area (Å²) in [5.41, 5.74) is 2.79. The van der Waals surface area contributed by atoms with Gasteiger partial charge in [-0.2, -0.15) is 0 Å². The molecule has 0 aliphatic carbocycles. The van der Waals surface area contributed by atoms with E-state index < -0.39 is 0 Å². The average molecular weight is 423 g/mol. The fourth-order valence-electron chi connectivity index (χ4n) is 5.06. The molecule has 1 N–H and O–H groups in total. The van der Waals surface area contributed by atoms with E-state index in [0.29, 0.717) is 18.2 Å². The molecule has 3 saturated heterocycles. The Hall–Kier alpha value is -2.77. The molecule has 1 unspecified atom stereocenters. The first-order valence-corrected chi connectivity index (χ1v) is 10.9. The number of hydrogen-bond donors (Lipinski definition) is 1. The van der Waals surface area contributed by atoms with Crippen molar-refractivity contribution in [2.45, 2.75) is 25.4 Å². The van der Waals surface area contributed by atoms with Crippen molar-refractivity contribution in [1.82, 2.24) is 19.8 Å². The normalized spacial score (nSPS) is 22.7. The van der Waals surface area contributed by atoms with Crippen LogP contribution in [0.25, 0.3) is 22.4 Å². The summed E-state index contributed by atoms with van der Waals surface area (Å²) >= 11 is 0. The first-order valence-electron chi connectivity index (χ1n) is 10.9. The second-order valence-corrected chi connectivity index (χ2v) is 8.46. The number of methoxy groups -OCH3 is 1. The Morgan fingerprint density at radius 1 is 1.19 bits per heavy atom. The number of aromatic nitrogens is 2. The highest BCUT2D eigenvalue weighted by atomic mass is 19.1. The highest BCUT2D eigenvalue weighted by Crippen LogP contribution is 2.29. The summed E-state index contributed by atoms with van der Waals surface area (Å²) in [6, 6.07) is 12.3. The third kappa shape index (κ3) is 3.83. The topological polar surface area (TPSA) is 59.4 Å². The lowest BCUT2D eigenvalue weighted by Gasteiger charge is -2.45. The van der Waals surface area contributed by atoms with E-state index in [4.69, 9.17) is 9.72 Å². The smallest absolute Gasteiger partial charge is 0.340 e. The van der Waals surface area contributed by atoms with Crippen LogP contribution in [-0.2, 0) is 11.3 Å². The second kappa shape index (κ2) is 8.40. The highest BCUT2D eigenvalue weighted by Gasteiger charge is 2.33. The second-order valence-electron chi connectivity index (χ2n) is 8.46. The van der Waals surface area contributed by atoms with E-state index in [2.05, 4.69) is 14.8 Å². The number of nitrogens with one attached hydrogen (secondary N) is 1. The zero-order valence-corrected chi connectivity index (χ0v) is 17.7. The average Bonchev–Trinajstić information content (AvgIpc) is 3.18. The zero-order chi connectivity index (χ0) is 21.4. The van der Waals surface area contributed by atoms with Crippen molar-refractivity contribution in [3.05, 3.63) is 53.8 Å². The lowest BCUT2D eigenvalue weighted by Crippen LogP contribution is -2.56. The molecule has 7 heteroatoms. The molecule has 0 spiro atoms. The fourth-order valence-corrected chi connectivity index (χ4v) is 5.06. The molecule has 2 bridgehead atoms. The van der Waals surface area contributed by atoms with Crippen LogP contribution in [0.3, 0.4) is 0 Å². The Bertz CT molecular complexity index is 1090. The van der Waals surface area contributed by atoms with Crippen LogP contribution in [0.2, 0.25) is 0 Å². The van der Waals surface area contributed by atoms with Crippen molar-refractivity contribution in [3.63, 3.8) is 0 Å². The minimum Gasteiger partial charge on any atom is -0.465 e. The van der Waals surface area contributed by atoms with Crippen molar-refractivity contribution in [2.24, 2.45) is 5.92 Å². The lowest BCUT2D eigenvalue weighted by atomic mass is 9.84. The van der Waals surface area contributed by atoms with E-state index in [0.717, 1.165) is 41.4 Å². The third-order valence-corrected chi connectivity index (χ3v) is 6.67. The quantitative estimate of drug-likeness (QED) is 0.618. The largest absolute Gasteiger partial charge is 0.465 e. The number of piperidine rings is 3. The van der Waals surface area contributed by atoms with E-state index in [9.17, 15) is 9.18 Å². The molecule has 1 aromatic heterocycles. The van der Waals surface area contributed by atoms with Gasteiger partial charge in [0.15, 0.2) is 0 Å². The molecule has 3 aromatic rings. The van der Waals surface area contributed by atoms with Gasteiger partial charge in [0.1, 0.15) is 11.6 Å². The van der Waals surface area contributed by atoms with E-state index in [1.807, 2.05) is 12.1 Å². The van der Waals surface area contributed by atoms with Gasteiger partial charge in [-0.05, 0) is 68.2 Å². The predicted molar refractivity (Wildman–Crippen MR) is 117 cm³/mol. The number of imidazole rings is 1. The Morgan fingerprint density at radius 2 is 1.97 bits per heavy atom. The van der Waals surface area contributed by atoms with Gasteiger partial charge in [0.2, 0.25) is 0 Å². The predicted octanol–water partition coefficient (Wildman–Crippen LogP) is 3.31. The van der Waals surface area contributed by atoms with Crippen LogP contribution < -0.4 is 5.32 Å². The van der Waals surface area contributed by atoms with Gasteiger partial charge in [0.25, 0.3) is 0 Å². The molecule has 0 amide bonds. The van der Waals surface area contributed by atoms with Crippen LogP contribution >= 0.6 is 0 Å². The maximum absolute atomic E-state index is 13.5. The van der Waals surface area contributed by atoms with E-state index in [1.54, 1.807) is 18.2 Å². The first kappa shape index (κ1) is 20.2. The Morgan fingerprint density at radius 3 is 2.65 bits per heavy atom. The van der Waals surface area contributed by atoms with E-state index in [1.165, 1.54) is 45.2 Å². The first-order chi connectivity index (χ1) is 15.1. The number of nitrogens with zero attached hydrogens (tertiary/aromatic N) is 3. The van der Waals surface area contributed by atoms with Gasteiger partial charge in [-0.3, -0.25) is 0 Å². The van der Waals surface area contributed by atoms with Gasteiger partial charge >= 0.3 is 5.97 Å². The number of halogens is 1. The maximum Gasteiger partial charge on any atom is 0.340 e. The van der Waals surface area contributed by atoms with Crippen LogP contribution in [-0.4, -0.2) is 59.8 Å². The van der Waals surface area contributed by atoms with Crippen molar-refractivity contribution in [1.29, 1.82) is 0 Å². The Kier molecular flexibility index (Phi) is 5.46. The summed E-state index contributed by atoms with van der Waals surface area (Å²) in [7, 11) is 1.39. The molecule has 0 saturated carbocycles. The summed E-state index contributed by atoms with van der Waals surface area (Å²) in [5, 5.41) is 3.74. The SMILES string of the molecule is COC(=O)c1cccc2nc(-c3ccc(F)cc3)n(CCNC3CN4CCC3CC4)c12. The molecule has 3 fully saturated rings. The molecule has 6 rings (SSSR count). The van der Waals surface area contributed by atoms with Crippen LogP contribution in [0.1, 0.15) is 23.2 Å². The minimum absolute atomic E-state index is 0.286. The molecular formula is C24H27FN4O2. The van der Waals surface area contributed by atoms with Crippen molar-refractivity contribution < 1.29 is 13.9 Å². The standard InChI is InChI=1S/C24H27FN4O2/c1-31-24(30)19-3-2-4-20-22(19)29(23(27-20)17-5-7-18(25)8-6-17)14-11-26-21-15-28-12-9-16(21)10-13-28/h2-8,16,21,26H,9-15H2,1H3. The maximum atomic E-state index is 13.5. The Labute approximate surface area is 181 Å². The molecule has 3 aliphatic rings. The van der Waals surface area contributed by atoms with Gasteiger partial charge in [0.05, 0.1) is 23.7 Å². The summed E-state index contributed by atoms with van der Waals surface area (Å²) < 4.78 is 20.6. The van der Waals surface area contributed by atoms with E-state index >= 15 is 0 Å². The van der Waals surface area contributed by atoms with Crippen LogP contribution in [0, 0.1) is 11.7 Å². The van der Waals surface area contributed by atoms with Crippen LogP contribution in [0.4, 0.5) is 4.39 Å². The zero-order valence-electron chi connectivity index (χ0n) is 17.7. The summed E-state index contributed by atoms with van der Waals surface area (Å²) in [4.78, 5) is 19.8. The lowest BCUT2D eigenvalue weighted by molar-refractivity contribution is 0.0602. The number of hydrogen-bond acceptors (Lipinski definition) is 5. The summed E-state index contributed by atoms with van der Waals surface area (Å²) in [5.74, 6) is 0.794. The Balaban J connectivity index is 1.48. The van der Waals surface area contributed by atoms with Gasteiger partial charge < -0.3 is 19.5 Å². The van der Waals surface area contributed by atoms with Gasteiger partial charge in [0, 0.05) is 31.2 Å². The minimum atomic E-state index is -0.386. The number of rotatable bonds is 6. The molecule has 3 aliphatic heterocycles. The summed E-state index contributed by atoms with van der Waals surface area (Å²) in [6.07, 6.45) is 2.53. The molecule has 31 heavy (non-hydrogen) atoms. The number of para-hydroxylation sites is 1. The molecule has 6 nitrogen and oxygen atoms in total. The summed E-state index contributed by atoms with van der Waals surface area (Å²) in [6.45, 7) is 4.95. The number of ether oxygens (including phenoxy) is 1. The number of benzene rings is 2. The molecule has 162 valence electrons. The molecule has 0 radical (unpaired) electrons. The van der Waals surface area contributed by atoms with Gasteiger partial charge in [-0.25, -0.2) is 14.2 Å². The van der Waals surface area contributed by atoms with Crippen molar-refractivity contribution >= 4 is 17.0 Å². The van der Waals surface area contributed by atoms with E-state index in [-0.39, 0.29) is 11.8 Å². The number of carbonyl (C=O) groups is 1. The monoisotopic (exact) mass is 422 g/mol. The highest BCUT2D eigenvalue weighted by molar-refractivity contribution is 6.03. The molecule has 4 heterocycles. The molecule has 2 aromatic carbocycles. The van der Waals surface area contributed by atoms with Crippen LogP contribution in [0.5, 0.6) is 0 Å². The third-order valence-electron chi connectivity index (χ3n) is 6.67. The number of fused-ring (bicyclic) bond motifs is 4. The van der Waals surface area contributed by atoms with Crippen LogP contribution in [0.15, 0.2) is 42.5 Å². The van der Waals surface area contributed by atoms with Gasteiger partial charge in [-0.15, -0.1) is 0 Å². The molecule has 1 atom stereocenters.